The first-order chi connectivity index (χ1) is 14.2. The summed E-state index contributed by atoms with van der Waals surface area (Å²) in [6.07, 6.45) is 4.55. The normalized spacial score (nSPS) is 15.6. The summed E-state index contributed by atoms with van der Waals surface area (Å²) in [6, 6.07) is 17.1. The van der Waals surface area contributed by atoms with E-state index in [1.165, 1.54) is 24.2 Å². The third kappa shape index (κ3) is 5.97. The number of anilines is 1. The molecule has 1 saturated heterocycles. The van der Waals surface area contributed by atoms with Crippen LogP contribution in [0.1, 0.15) is 50.6 Å². The van der Waals surface area contributed by atoms with Crippen LogP contribution in [0.2, 0.25) is 0 Å². The molecule has 0 radical (unpaired) electrons. The maximum absolute atomic E-state index is 12.3. The zero-order chi connectivity index (χ0) is 20.5. The zero-order valence-electron chi connectivity index (χ0n) is 17.3. The van der Waals surface area contributed by atoms with Crippen molar-refractivity contribution in [1.29, 1.82) is 0 Å². The van der Waals surface area contributed by atoms with Crippen LogP contribution in [-0.4, -0.2) is 42.3 Å². The van der Waals surface area contributed by atoms with E-state index < -0.39 is 6.09 Å². The number of amides is 1. The van der Waals surface area contributed by atoms with Gasteiger partial charge in [-0.2, -0.15) is 0 Å². The average Bonchev–Trinajstić information content (AvgIpc) is 2.76. The lowest BCUT2D eigenvalue weighted by Crippen LogP contribution is -2.37. The molecule has 1 heterocycles. The van der Waals surface area contributed by atoms with Crippen LogP contribution in [0.25, 0.3) is 0 Å². The molecule has 5 heteroatoms. The zero-order valence-corrected chi connectivity index (χ0v) is 17.3. The molecule has 1 unspecified atom stereocenters. The topological polar surface area (TPSA) is 53.0 Å². The number of hydrogen-bond donors (Lipinski definition) is 1. The van der Waals surface area contributed by atoms with Crippen molar-refractivity contribution >= 4 is 11.8 Å². The predicted octanol–water partition coefficient (Wildman–Crippen LogP) is 5.58. The van der Waals surface area contributed by atoms with Crippen molar-refractivity contribution in [2.45, 2.75) is 45.1 Å². The van der Waals surface area contributed by atoms with Gasteiger partial charge < -0.3 is 14.7 Å². The lowest BCUT2D eigenvalue weighted by Gasteiger charge is -2.33. The van der Waals surface area contributed by atoms with E-state index in [1.54, 1.807) is 0 Å². The number of hydrogen-bond acceptors (Lipinski definition) is 3. The molecular formula is C24H32N2O3. The number of carboxylic acid groups (broad SMARTS) is 1. The van der Waals surface area contributed by atoms with Gasteiger partial charge in [-0.1, -0.05) is 43.7 Å². The van der Waals surface area contributed by atoms with Crippen molar-refractivity contribution in [3.63, 3.8) is 0 Å². The molecule has 1 amide bonds. The van der Waals surface area contributed by atoms with Crippen molar-refractivity contribution in [2.75, 3.05) is 31.1 Å². The fraction of sp³-hybridized carbons (Fsp3) is 0.458. The molecule has 1 fully saturated rings. The smallest absolute Gasteiger partial charge is 0.412 e. The Balaban J connectivity index is 1.84. The molecule has 0 saturated carbocycles. The number of likely N-dealkylation sites (tertiary alicyclic amines) is 1. The predicted molar refractivity (Wildman–Crippen MR) is 117 cm³/mol. The minimum Gasteiger partial charge on any atom is -0.494 e. The van der Waals surface area contributed by atoms with Crippen molar-refractivity contribution in [1.82, 2.24) is 4.90 Å². The van der Waals surface area contributed by atoms with Crippen LogP contribution < -0.4 is 9.64 Å². The third-order valence-corrected chi connectivity index (χ3v) is 5.46. The van der Waals surface area contributed by atoms with Crippen LogP contribution in [0.4, 0.5) is 10.5 Å². The minimum atomic E-state index is -0.925. The molecule has 3 rings (SSSR count). The summed E-state index contributed by atoms with van der Waals surface area (Å²) in [4.78, 5) is 16.2. The highest BCUT2D eigenvalue weighted by atomic mass is 16.5. The molecule has 0 bridgehead atoms. The first-order valence-electron chi connectivity index (χ1n) is 10.7. The first kappa shape index (κ1) is 21.2. The van der Waals surface area contributed by atoms with E-state index in [2.05, 4.69) is 11.8 Å². The van der Waals surface area contributed by atoms with E-state index in [4.69, 9.17) is 4.74 Å². The lowest BCUT2D eigenvalue weighted by atomic mass is 10.00. The Morgan fingerprint density at radius 2 is 1.76 bits per heavy atom. The quantitative estimate of drug-likeness (QED) is 0.601. The van der Waals surface area contributed by atoms with E-state index in [-0.39, 0.29) is 6.04 Å². The Labute approximate surface area is 173 Å². The van der Waals surface area contributed by atoms with E-state index in [1.807, 2.05) is 54.6 Å². The third-order valence-electron chi connectivity index (χ3n) is 5.46. The van der Waals surface area contributed by atoms with Crippen LogP contribution >= 0.6 is 0 Å². The maximum Gasteiger partial charge on any atom is 0.412 e. The highest BCUT2D eigenvalue weighted by Crippen LogP contribution is 2.31. The van der Waals surface area contributed by atoms with Gasteiger partial charge in [0.15, 0.2) is 0 Å². The number of benzene rings is 2. The maximum atomic E-state index is 12.3. The number of carbonyl (C=O) groups is 1. The van der Waals surface area contributed by atoms with Gasteiger partial charge in [-0.15, -0.1) is 0 Å². The highest BCUT2D eigenvalue weighted by molar-refractivity contribution is 5.87. The Morgan fingerprint density at radius 1 is 1.07 bits per heavy atom. The Morgan fingerprint density at radius 3 is 2.38 bits per heavy atom. The molecule has 29 heavy (non-hydrogen) atoms. The van der Waals surface area contributed by atoms with Gasteiger partial charge in [0.25, 0.3) is 0 Å². The molecule has 2 aromatic rings. The molecule has 1 aliphatic rings. The summed E-state index contributed by atoms with van der Waals surface area (Å²) in [7, 11) is 0. The molecule has 1 aliphatic heterocycles. The van der Waals surface area contributed by atoms with E-state index in [0.717, 1.165) is 43.8 Å². The number of ether oxygens (including phenoxy) is 1. The van der Waals surface area contributed by atoms with Crippen LogP contribution in [0.15, 0.2) is 54.6 Å². The first-order valence-corrected chi connectivity index (χ1v) is 10.7. The number of piperidine rings is 1. The fourth-order valence-corrected chi connectivity index (χ4v) is 3.95. The van der Waals surface area contributed by atoms with Gasteiger partial charge in [0, 0.05) is 12.2 Å². The molecule has 0 aromatic heterocycles. The van der Waals surface area contributed by atoms with Crippen LogP contribution in [0.3, 0.4) is 0 Å². The summed E-state index contributed by atoms with van der Waals surface area (Å²) >= 11 is 0. The summed E-state index contributed by atoms with van der Waals surface area (Å²) in [5.74, 6) is 0.826. The summed E-state index contributed by atoms with van der Waals surface area (Å²) in [5, 5.41) is 10.1. The molecule has 5 nitrogen and oxygen atoms in total. The minimum absolute atomic E-state index is 0.239. The van der Waals surface area contributed by atoms with E-state index >= 15 is 0 Å². The van der Waals surface area contributed by atoms with Gasteiger partial charge >= 0.3 is 6.09 Å². The van der Waals surface area contributed by atoms with Crippen LogP contribution in [-0.2, 0) is 0 Å². The number of para-hydroxylation sites is 1. The van der Waals surface area contributed by atoms with Gasteiger partial charge in [0.1, 0.15) is 5.75 Å². The molecule has 1 atom stereocenters. The molecule has 0 aliphatic carbocycles. The fourth-order valence-electron chi connectivity index (χ4n) is 3.95. The average molecular weight is 397 g/mol. The summed E-state index contributed by atoms with van der Waals surface area (Å²) in [5.41, 5.74) is 1.70. The van der Waals surface area contributed by atoms with E-state index in [9.17, 15) is 9.90 Å². The van der Waals surface area contributed by atoms with Gasteiger partial charge in [-0.25, -0.2) is 4.79 Å². The molecule has 2 aromatic carbocycles. The molecule has 156 valence electrons. The number of rotatable bonds is 9. The molecule has 0 spiro atoms. The van der Waals surface area contributed by atoms with Crippen LogP contribution in [0, 0.1) is 0 Å². The van der Waals surface area contributed by atoms with E-state index in [0.29, 0.717) is 12.3 Å². The Kier molecular flexibility index (Phi) is 7.94. The Hall–Kier alpha value is -2.53. The van der Waals surface area contributed by atoms with Gasteiger partial charge in [-0.3, -0.25) is 4.90 Å². The highest BCUT2D eigenvalue weighted by Gasteiger charge is 2.27. The molecule has 1 N–H and O–H groups in total. The van der Waals surface area contributed by atoms with Crippen molar-refractivity contribution in [2.24, 2.45) is 0 Å². The van der Waals surface area contributed by atoms with Crippen molar-refractivity contribution < 1.29 is 14.6 Å². The number of nitrogens with zero attached hydrogens (tertiary/aromatic N) is 2. The van der Waals surface area contributed by atoms with Crippen molar-refractivity contribution in [3.8, 4) is 5.75 Å². The van der Waals surface area contributed by atoms with Gasteiger partial charge in [-0.05, 0) is 68.6 Å². The second-order valence-electron chi connectivity index (χ2n) is 7.61. The van der Waals surface area contributed by atoms with Gasteiger partial charge in [0.2, 0.25) is 0 Å². The van der Waals surface area contributed by atoms with Crippen LogP contribution in [0.5, 0.6) is 5.75 Å². The second-order valence-corrected chi connectivity index (χ2v) is 7.61. The monoisotopic (exact) mass is 396 g/mol. The lowest BCUT2D eigenvalue weighted by molar-refractivity contribution is 0.193. The van der Waals surface area contributed by atoms with Crippen molar-refractivity contribution in [3.05, 3.63) is 60.2 Å². The summed E-state index contributed by atoms with van der Waals surface area (Å²) in [6.45, 7) is 5.87. The largest absolute Gasteiger partial charge is 0.494 e. The summed E-state index contributed by atoms with van der Waals surface area (Å²) < 4.78 is 5.70. The Bertz CT molecular complexity index is 742. The SMILES string of the molecule is CCCOc1ccc(C(CCN2CCCCC2)N(C(=O)O)c2ccccc2)cc1. The molecular weight excluding hydrogens is 364 g/mol. The standard InChI is InChI=1S/C24H32N2O3/c1-2-19-29-22-13-11-20(12-14-22)23(15-18-25-16-7-4-8-17-25)26(24(27)28)21-9-5-3-6-10-21/h3,5-6,9-14,23H,2,4,7-8,15-19H2,1H3,(H,27,28). The van der Waals surface area contributed by atoms with Gasteiger partial charge in [0.05, 0.1) is 12.6 Å². The second kappa shape index (κ2) is 10.9.